The molecule has 1 aliphatic rings. The molecule has 0 bridgehead atoms. The molecule has 1 aliphatic carbocycles. The van der Waals surface area contributed by atoms with Gasteiger partial charge in [0.1, 0.15) is 0 Å². The second-order valence-corrected chi connectivity index (χ2v) is 7.60. The van der Waals surface area contributed by atoms with Crippen molar-refractivity contribution in [2.24, 2.45) is 17.8 Å². The third-order valence-corrected chi connectivity index (χ3v) is 4.97. The Morgan fingerprint density at radius 2 is 1.62 bits per heavy atom. The molecule has 0 saturated heterocycles. The van der Waals surface area contributed by atoms with Crippen LogP contribution in [0.3, 0.4) is 0 Å². The Morgan fingerprint density at radius 1 is 1.00 bits per heavy atom. The fourth-order valence-corrected chi connectivity index (χ4v) is 3.41. The molecule has 118 valence electrons. The summed E-state index contributed by atoms with van der Waals surface area (Å²) in [6, 6.07) is 9.68. The van der Waals surface area contributed by atoms with E-state index in [1.807, 2.05) is 0 Å². The van der Waals surface area contributed by atoms with Gasteiger partial charge in [-0.05, 0) is 61.6 Å². The predicted octanol–water partition coefficient (Wildman–Crippen LogP) is 5.36. The van der Waals surface area contributed by atoms with E-state index in [9.17, 15) is 0 Å². The van der Waals surface area contributed by atoms with Gasteiger partial charge in [-0.15, -0.1) is 0 Å². The lowest BCUT2D eigenvalue weighted by Crippen LogP contribution is -2.28. The number of benzene rings is 1. The highest BCUT2D eigenvalue weighted by atomic mass is 14.9. The maximum atomic E-state index is 3.74. The maximum absolute atomic E-state index is 3.74. The minimum Gasteiger partial charge on any atom is -0.310 e. The first-order valence-electron chi connectivity index (χ1n) is 8.86. The lowest BCUT2D eigenvalue weighted by molar-refractivity contribution is 0.276. The Bertz CT molecular complexity index is 398. The van der Waals surface area contributed by atoms with Crippen LogP contribution in [0.25, 0.3) is 0 Å². The lowest BCUT2D eigenvalue weighted by Gasteiger charge is -2.27. The van der Waals surface area contributed by atoms with Gasteiger partial charge in [0, 0.05) is 6.04 Å². The molecule has 1 saturated carbocycles. The summed E-state index contributed by atoms with van der Waals surface area (Å²) < 4.78 is 0. The fraction of sp³-hybridized carbons (Fsp3) is 0.700. The highest BCUT2D eigenvalue weighted by Crippen LogP contribution is 2.28. The molecule has 1 aromatic carbocycles. The van der Waals surface area contributed by atoms with E-state index < -0.39 is 0 Å². The molecule has 1 unspecified atom stereocenters. The molecule has 1 fully saturated rings. The van der Waals surface area contributed by atoms with Crippen LogP contribution >= 0.6 is 0 Å². The van der Waals surface area contributed by atoms with Crippen molar-refractivity contribution in [2.75, 3.05) is 6.54 Å². The average Bonchev–Trinajstić information content (AvgIpc) is 2.46. The van der Waals surface area contributed by atoms with Crippen LogP contribution in [-0.2, 0) is 6.42 Å². The number of rotatable bonds is 6. The minimum absolute atomic E-state index is 0.470. The van der Waals surface area contributed by atoms with Gasteiger partial charge in [0.25, 0.3) is 0 Å². The fourth-order valence-electron chi connectivity index (χ4n) is 3.41. The summed E-state index contributed by atoms with van der Waals surface area (Å²) in [6.07, 6.45) is 6.85. The lowest BCUT2D eigenvalue weighted by atomic mass is 9.83. The van der Waals surface area contributed by atoms with Crippen LogP contribution in [0.1, 0.15) is 70.5 Å². The molecule has 1 heteroatoms. The first-order valence-corrected chi connectivity index (χ1v) is 8.86. The Kier molecular flexibility index (Phi) is 6.29. The van der Waals surface area contributed by atoms with Crippen LogP contribution < -0.4 is 5.32 Å². The number of hydrogen-bond acceptors (Lipinski definition) is 1. The van der Waals surface area contributed by atoms with Crippen molar-refractivity contribution in [1.82, 2.24) is 5.32 Å². The van der Waals surface area contributed by atoms with Gasteiger partial charge >= 0.3 is 0 Å². The second-order valence-electron chi connectivity index (χ2n) is 7.60. The molecule has 21 heavy (non-hydrogen) atoms. The smallest absolute Gasteiger partial charge is 0.0291 e. The molecule has 2 rings (SSSR count). The van der Waals surface area contributed by atoms with Crippen molar-refractivity contribution in [2.45, 2.75) is 65.8 Å². The summed E-state index contributed by atoms with van der Waals surface area (Å²) in [5.74, 6) is 2.58. The Labute approximate surface area is 131 Å². The molecule has 0 spiro atoms. The van der Waals surface area contributed by atoms with E-state index in [-0.39, 0.29) is 0 Å². The zero-order chi connectivity index (χ0) is 15.2. The Hall–Kier alpha value is -0.820. The molecular formula is C20H33N. The van der Waals surface area contributed by atoms with Gasteiger partial charge in [-0.3, -0.25) is 0 Å². The molecule has 1 N–H and O–H groups in total. The van der Waals surface area contributed by atoms with Crippen LogP contribution in [0, 0.1) is 17.8 Å². The van der Waals surface area contributed by atoms with E-state index in [1.54, 1.807) is 0 Å². The van der Waals surface area contributed by atoms with Gasteiger partial charge in [-0.1, -0.05) is 57.9 Å². The van der Waals surface area contributed by atoms with Crippen LogP contribution in [0.4, 0.5) is 0 Å². The highest BCUT2D eigenvalue weighted by Gasteiger charge is 2.18. The first kappa shape index (κ1) is 16.5. The third kappa shape index (κ3) is 5.47. The van der Waals surface area contributed by atoms with E-state index in [1.165, 1.54) is 49.8 Å². The number of nitrogens with one attached hydrogen (secondary N) is 1. The van der Waals surface area contributed by atoms with E-state index in [0.717, 1.165) is 17.8 Å². The van der Waals surface area contributed by atoms with Gasteiger partial charge < -0.3 is 5.32 Å². The zero-order valence-corrected chi connectivity index (χ0v) is 14.4. The van der Waals surface area contributed by atoms with Crippen LogP contribution in [0.2, 0.25) is 0 Å². The van der Waals surface area contributed by atoms with E-state index >= 15 is 0 Å². The molecule has 1 nitrogen and oxygen atoms in total. The monoisotopic (exact) mass is 287 g/mol. The quantitative estimate of drug-likeness (QED) is 0.742. The van der Waals surface area contributed by atoms with E-state index in [0.29, 0.717) is 6.04 Å². The summed E-state index contributed by atoms with van der Waals surface area (Å²) in [7, 11) is 0. The molecular weight excluding hydrogens is 254 g/mol. The van der Waals surface area contributed by atoms with Gasteiger partial charge in [0.05, 0.1) is 0 Å². The topological polar surface area (TPSA) is 12.0 Å². The third-order valence-electron chi connectivity index (χ3n) is 4.97. The van der Waals surface area contributed by atoms with Gasteiger partial charge in [-0.2, -0.15) is 0 Å². The van der Waals surface area contributed by atoms with Crippen LogP contribution in [-0.4, -0.2) is 6.54 Å². The van der Waals surface area contributed by atoms with Crippen LogP contribution in [0.5, 0.6) is 0 Å². The normalized spacial score (nSPS) is 24.2. The zero-order valence-electron chi connectivity index (χ0n) is 14.4. The highest BCUT2D eigenvalue weighted by molar-refractivity contribution is 5.25. The Morgan fingerprint density at radius 3 is 2.19 bits per heavy atom. The number of hydrogen-bond donors (Lipinski definition) is 1. The largest absolute Gasteiger partial charge is 0.310 e. The SMILES string of the molecule is CC(C)Cc1ccc(C(C)NCC2CCC(C)CC2)cc1. The average molecular weight is 287 g/mol. The van der Waals surface area contributed by atoms with E-state index in [4.69, 9.17) is 0 Å². The summed E-state index contributed by atoms with van der Waals surface area (Å²) in [5, 5.41) is 3.74. The molecule has 0 aromatic heterocycles. The van der Waals surface area contributed by atoms with Gasteiger partial charge in [-0.25, -0.2) is 0 Å². The standard InChI is InChI=1S/C20H33N/c1-15(2)13-18-9-11-20(12-10-18)17(4)21-14-19-7-5-16(3)6-8-19/h9-12,15-17,19,21H,5-8,13-14H2,1-4H3. The van der Waals surface area contributed by atoms with Crippen molar-refractivity contribution in [3.05, 3.63) is 35.4 Å². The Balaban J connectivity index is 1.78. The van der Waals surface area contributed by atoms with Crippen molar-refractivity contribution < 1.29 is 0 Å². The summed E-state index contributed by atoms with van der Waals surface area (Å²) in [6.45, 7) is 10.4. The van der Waals surface area contributed by atoms with Gasteiger partial charge in [0.15, 0.2) is 0 Å². The van der Waals surface area contributed by atoms with Crippen LogP contribution in [0.15, 0.2) is 24.3 Å². The van der Waals surface area contributed by atoms with Crippen molar-refractivity contribution in [3.8, 4) is 0 Å². The molecule has 0 aliphatic heterocycles. The molecule has 0 heterocycles. The minimum atomic E-state index is 0.470. The summed E-state index contributed by atoms with van der Waals surface area (Å²) in [5.41, 5.74) is 2.88. The second kappa shape index (κ2) is 7.98. The molecule has 1 atom stereocenters. The van der Waals surface area contributed by atoms with E-state index in [2.05, 4.69) is 57.3 Å². The molecule has 1 aromatic rings. The maximum Gasteiger partial charge on any atom is 0.0291 e. The molecule has 0 radical (unpaired) electrons. The summed E-state index contributed by atoms with van der Waals surface area (Å²) >= 11 is 0. The predicted molar refractivity (Wildman–Crippen MR) is 92.5 cm³/mol. The first-order chi connectivity index (χ1) is 10.0. The summed E-state index contributed by atoms with van der Waals surface area (Å²) in [4.78, 5) is 0. The van der Waals surface area contributed by atoms with Crippen molar-refractivity contribution >= 4 is 0 Å². The van der Waals surface area contributed by atoms with Gasteiger partial charge in [0.2, 0.25) is 0 Å². The molecule has 0 amide bonds. The van der Waals surface area contributed by atoms with Crippen molar-refractivity contribution in [1.29, 1.82) is 0 Å². The van der Waals surface area contributed by atoms with Crippen molar-refractivity contribution in [3.63, 3.8) is 0 Å².